The van der Waals surface area contributed by atoms with Gasteiger partial charge in [-0.05, 0) is 18.1 Å². The highest BCUT2D eigenvalue weighted by Crippen LogP contribution is 2.41. The molecule has 0 N–H and O–H groups in total. The van der Waals surface area contributed by atoms with Crippen molar-refractivity contribution in [2.45, 2.75) is 19.3 Å². The number of carbonyl (C=O) groups excluding carboxylic acids is 1. The van der Waals surface area contributed by atoms with Crippen molar-refractivity contribution in [3.05, 3.63) is 77.4 Å². The summed E-state index contributed by atoms with van der Waals surface area (Å²) >= 11 is 0. The zero-order chi connectivity index (χ0) is 13.2. The summed E-state index contributed by atoms with van der Waals surface area (Å²) in [5.74, 6) is 0.501. The summed E-state index contributed by atoms with van der Waals surface area (Å²) in [6, 6.07) is 20.3. The van der Waals surface area contributed by atoms with Crippen LogP contribution in [-0.2, 0) is 4.79 Å². The summed E-state index contributed by atoms with van der Waals surface area (Å²) in [6.07, 6.45) is 0.597. The Hall–Kier alpha value is -2.15. The predicted molar refractivity (Wildman–Crippen MR) is 77.8 cm³/mol. The lowest BCUT2D eigenvalue weighted by molar-refractivity contribution is -0.113. The molecule has 0 amide bonds. The number of Topliss-reactive ketones (excluding diaryl/α,β-unsaturated/α-hetero) is 1. The molecule has 1 aliphatic carbocycles. The second kappa shape index (κ2) is 4.85. The second-order valence-electron chi connectivity index (χ2n) is 5.01. The topological polar surface area (TPSA) is 17.1 Å². The predicted octanol–water partition coefficient (Wildman–Crippen LogP) is 4.22. The van der Waals surface area contributed by atoms with Crippen LogP contribution in [0.25, 0.3) is 5.57 Å². The van der Waals surface area contributed by atoms with Crippen molar-refractivity contribution in [1.82, 2.24) is 0 Å². The van der Waals surface area contributed by atoms with Crippen LogP contribution in [0.15, 0.2) is 66.2 Å². The molecular formula is C18H16O. The standard InChI is InChI=1S/C18H16O/c1-13-16(14-8-4-2-5-9-14)12-17(19)18(13)15-10-6-3-7-11-15/h2-11,16H,12H2,1H3. The van der Waals surface area contributed by atoms with Crippen LogP contribution in [0.3, 0.4) is 0 Å². The Labute approximate surface area is 113 Å². The Morgan fingerprint density at radius 3 is 2.11 bits per heavy atom. The van der Waals surface area contributed by atoms with Crippen LogP contribution in [0.5, 0.6) is 0 Å². The first-order valence-corrected chi connectivity index (χ1v) is 6.61. The fourth-order valence-electron chi connectivity index (χ4n) is 2.88. The van der Waals surface area contributed by atoms with E-state index >= 15 is 0 Å². The van der Waals surface area contributed by atoms with Crippen molar-refractivity contribution >= 4 is 11.4 Å². The van der Waals surface area contributed by atoms with Crippen LogP contribution in [0.1, 0.15) is 30.4 Å². The minimum Gasteiger partial charge on any atom is -0.294 e. The summed E-state index contributed by atoms with van der Waals surface area (Å²) < 4.78 is 0. The van der Waals surface area contributed by atoms with Gasteiger partial charge in [0.15, 0.2) is 5.78 Å². The highest BCUT2D eigenvalue weighted by atomic mass is 16.1. The van der Waals surface area contributed by atoms with Gasteiger partial charge in [-0.25, -0.2) is 0 Å². The third-order valence-corrected chi connectivity index (χ3v) is 3.85. The molecule has 3 rings (SSSR count). The maximum absolute atomic E-state index is 12.3. The molecule has 19 heavy (non-hydrogen) atoms. The monoisotopic (exact) mass is 248 g/mol. The second-order valence-corrected chi connectivity index (χ2v) is 5.01. The largest absolute Gasteiger partial charge is 0.294 e. The Kier molecular flexibility index (Phi) is 3.04. The molecule has 1 atom stereocenters. The molecule has 94 valence electrons. The summed E-state index contributed by atoms with van der Waals surface area (Å²) in [5, 5.41) is 0. The van der Waals surface area contributed by atoms with Gasteiger partial charge < -0.3 is 0 Å². The first-order valence-electron chi connectivity index (χ1n) is 6.61. The summed E-state index contributed by atoms with van der Waals surface area (Å²) in [4.78, 5) is 12.3. The maximum Gasteiger partial charge on any atom is 0.164 e. The lowest BCUT2D eigenvalue weighted by Gasteiger charge is -2.11. The van der Waals surface area contributed by atoms with E-state index in [2.05, 4.69) is 19.1 Å². The molecule has 2 aromatic rings. The smallest absolute Gasteiger partial charge is 0.164 e. The molecule has 0 spiro atoms. The SMILES string of the molecule is CC1=C(c2ccccc2)C(=O)CC1c1ccccc1. The zero-order valence-corrected chi connectivity index (χ0v) is 11.0. The Balaban J connectivity index is 2.05. The van der Waals surface area contributed by atoms with Crippen molar-refractivity contribution in [1.29, 1.82) is 0 Å². The number of ketones is 1. The quantitative estimate of drug-likeness (QED) is 0.777. The molecule has 2 aromatic carbocycles. The molecule has 1 aliphatic rings. The summed E-state index contributed by atoms with van der Waals surface area (Å²) in [6.45, 7) is 2.09. The Bertz CT molecular complexity index is 623. The maximum atomic E-state index is 12.3. The van der Waals surface area contributed by atoms with Gasteiger partial charge in [-0.3, -0.25) is 4.79 Å². The van der Waals surface area contributed by atoms with Gasteiger partial charge in [-0.2, -0.15) is 0 Å². The average molecular weight is 248 g/mol. The van der Waals surface area contributed by atoms with Crippen LogP contribution in [-0.4, -0.2) is 5.78 Å². The van der Waals surface area contributed by atoms with Gasteiger partial charge in [0.05, 0.1) is 0 Å². The van der Waals surface area contributed by atoms with Crippen molar-refractivity contribution in [2.24, 2.45) is 0 Å². The van der Waals surface area contributed by atoms with E-state index in [-0.39, 0.29) is 11.7 Å². The average Bonchev–Trinajstić information content (AvgIpc) is 2.76. The lowest BCUT2D eigenvalue weighted by atomic mass is 9.92. The molecule has 1 nitrogen and oxygen atoms in total. The number of hydrogen-bond donors (Lipinski definition) is 0. The third kappa shape index (κ3) is 2.12. The van der Waals surface area contributed by atoms with Crippen LogP contribution in [0, 0.1) is 0 Å². The molecular weight excluding hydrogens is 232 g/mol. The molecule has 0 bridgehead atoms. The van der Waals surface area contributed by atoms with Gasteiger partial charge in [0.2, 0.25) is 0 Å². The highest BCUT2D eigenvalue weighted by Gasteiger charge is 2.30. The first kappa shape index (κ1) is 11.9. The number of benzene rings is 2. The Morgan fingerprint density at radius 2 is 1.47 bits per heavy atom. The fourth-order valence-corrected chi connectivity index (χ4v) is 2.88. The van der Waals surface area contributed by atoms with Crippen LogP contribution in [0.2, 0.25) is 0 Å². The van der Waals surface area contributed by atoms with E-state index in [4.69, 9.17) is 0 Å². The van der Waals surface area contributed by atoms with E-state index < -0.39 is 0 Å². The van der Waals surface area contributed by atoms with Gasteiger partial charge in [-0.15, -0.1) is 0 Å². The number of allylic oxidation sites excluding steroid dienone is 2. The van der Waals surface area contributed by atoms with Gasteiger partial charge >= 0.3 is 0 Å². The minimum absolute atomic E-state index is 0.240. The van der Waals surface area contributed by atoms with E-state index in [1.165, 1.54) is 11.1 Å². The lowest BCUT2D eigenvalue weighted by Crippen LogP contribution is -1.98. The van der Waals surface area contributed by atoms with Crippen molar-refractivity contribution in [2.75, 3.05) is 0 Å². The fraction of sp³-hybridized carbons (Fsp3) is 0.167. The number of carbonyl (C=O) groups is 1. The van der Waals surface area contributed by atoms with E-state index in [9.17, 15) is 4.79 Å². The first-order chi connectivity index (χ1) is 9.27. The minimum atomic E-state index is 0.240. The van der Waals surface area contributed by atoms with Gasteiger partial charge in [-0.1, -0.05) is 66.2 Å². The van der Waals surface area contributed by atoms with Crippen molar-refractivity contribution in [3.8, 4) is 0 Å². The van der Waals surface area contributed by atoms with Crippen molar-refractivity contribution < 1.29 is 4.79 Å². The zero-order valence-electron chi connectivity index (χ0n) is 11.0. The molecule has 0 aromatic heterocycles. The molecule has 0 saturated heterocycles. The molecule has 1 unspecified atom stereocenters. The van der Waals surface area contributed by atoms with Crippen LogP contribution >= 0.6 is 0 Å². The molecule has 0 aliphatic heterocycles. The van der Waals surface area contributed by atoms with E-state index in [1.807, 2.05) is 48.5 Å². The Morgan fingerprint density at radius 1 is 0.895 bits per heavy atom. The van der Waals surface area contributed by atoms with Crippen LogP contribution in [0.4, 0.5) is 0 Å². The van der Waals surface area contributed by atoms with Crippen molar-refractivity contribution in [3.63, 3.8) is 0 Å². The van der Waals surface area contributed by atoms with Gasteiger partial charge in [0, 0.05) is 17.9 Å². The normalized spacial score (nSPS) is 19.0. The summed E-state index contributed by atoms with van der Waals surface area (Å²) in [5.41, 5.74) is 4.39. The number of hydrogen-bond acceptors (Lipinski definition) is 1. The number of rotatable bonds is 2. The molecule has 0 saturated carbocycles. The third-order valence-electron chi connectivity index (χ3n) is 3.85. The molecule has 0 fully saturated rings. The van der Waals surface area contributed by atoms with Gasteiger partial charge in [0.25, 0.3) is 0 Å². The molecule has 0 radical (unpaired) electrons. The molecule has 1 heteroatoms. The highest BCUT2D eigenvalue weighted by molar-refractivity contribution is 6.24. The van der Waals surface area contributed by atoms with E-state index in [1.54, 1.807) is 0 Å². The molecule has 0 heterocycles. The van der Waals surface area contributed by atoms with E-state index in [0.717, 1.165) is 11.1 Å². The van der Waals surface area contributed by atoms with Gasteiger partial charge in [0.1, 0.15) is 0 Å². The summed E-state index contributed by atoms with van der Waals surface area (Å²) in [7, 11) is 0. The van der Waals surface area contributed by atoms with Crippen LogP contribution < -0.4 is 0 Å². The van der Waals surface area contributed by atoms with E-state index in [0.29, 0.717) is 6.42 Å².